The van der Waals surface area contributed by atoms with Gasteiger partial charge in [-0.05, 0) is 51.0 Å². The molecule has 2 heterocycles. The van der Waals surface area contributed by atoms with Gasteiger partial charge in [0.1, 0.15) is 12.4 Å². The second-order valence-electron chi connectivity index (χ2n) is 7.38. The van der Waals surface area contributed by atoms with Gasteiger partial charge in [0.2, 0.25) is 11.8 Å². The molecule has 6 nitrogen and oxygen atoms in total. The van der Waals surface area contributed by atoms with E-state index < -0.39 is 0 Å². The first kappa shape index (κ1) is 18.7. The lowest BCUT2D eigenvalue weighted by Crippen LogP contribution is -2.43. The third-order valence-electron chi connectivity index (χ3n) is 5.27. The van der Waals surface area contributed by atoms with Crippen LogP contribution in [0.1, 0.15) is 37.3 Å². The molecule has 3 rings (SSSR count). The minimum Gasteiger partial charge on any atom is -0.491 e. The zero-order valence-corrected chi connectivity index (χ0v) is 15.8. The Morgan fingerprint density at radius 2 is 2.00 bits per heavy atom. The van der Waals surface area contributed by atoms with E-state index in [1.165, 1.54) is 0 Å². The van der Waals surface area contributed by atoms with Crippen molar-refractivity contribution in [3.05, 3.63) is 29.3 Å². The first-order chi connectivity index (χ1) is 12.5. The average molecular weight is 359 g/mol. The highest BCUT2D eigenvalue weighted by atomic mass is 16.5. The van der Waals surface area contributed by atoms with E-state index in [1.807, 2.05) is 12.1 Å². The lowest BCUT2D eigenvalue weighted by atomic mass is 10.0. The molecule has 26 heavy (non-hydrogen) atoms. The molecule has 0 saturated carbocycles. The quantitative estimate of drug-likeness (QED) is 0.886. The monoisotopic (exact) mass is 359 g/mol. The molecule has 0 spiro atoms. The molecular weight excluding hydrogens is 330 g/mol. The Kier molecular flexibility index (Phi) is 6.14. The molecule has 2 aliphatic rings. The van der Waals surface area contributed by atoms with Gasteiger partial charge in [0.05, 0.1) is 6.54 Å². The summed E-state index contributed by atoms with van der Waals surface area (Å²) in [4.78, 5) is 28.0. The van der Waals surface area contributed by atoms with Crippen LogP contribution >= 0.6 is 0 Å². The number of nitrogens with one attached hydrogen (secondary N) is 1. The normalized spacial score (nSPS) is 18.6. The minimum absolute atomic E-state index is 0.0596. The summed E-state index contributed by atoms with van der Waals surface area (Å²) in [5.74, 6) is 1.02. The van der Waals surface area contributed by atoms with Crippen molar-refractivity contribution >= 4 is 11.8 Å². The summed E-state index contributed by atoms with van der Waals surface area (Å²) < 4.78 is 5.74. The van der Waals surface area contributed by atoms with Gasteiger partial charge in [0.25, 0.3) is 0 Å². The van der Waals surface area contributed by atoms with Crippen LogP contribution in [0.4, 0.5) is 0 Å². The molecule has 0 atom stereocenters. The van der Waals surface area contributed by atoms with E-state index in [1.54, 1.807) is 11.8 Å². The highest BCUT2D eigenvalue weighted by molar-refractivity contribution is 5.76. The number of aryl methyl sites for hydroxylation is 1. The fraction of sp³-hybridized carbons (Fsp3) is 0.600. The first-order valence-electron chi connectivity index (χ1n) is 9.49. The van der Waals surface area contributed by atoms with Crippen LogP contribution in [0.5, 0.6) is 5.75 Å². The van der Waals surface area contributed by atoms with Crippen LogP contribution in [0, 0.1) is 0 Å². The Labute approximate surface area is 155 Å². The summed E-state index contributed by atoms with van der Waals surface area (Å²) in [5.41, 5.74) is 2.13. The van der Waals surface area contributed by atoms with Gasteiger partial charge in [-0.15, -0.1) is 0 Å². The largest absolute Gasteiger partial charge is 0.491 e. The molecule has 1 N–H and O–H groups in total. The van der Waals surface area contributed by atoms with Crippen LogP contribution in [0.3, 0.4) is 0 Å². The van der Waals surface area contributed by atoms with E-state index in [9.17, 15) is 9.59 Å². The maximum absolute atomic E-state index is 12.2. The molecule has 0 radical (unpaired) electrons. The number of hydrogen-bond acceptors (Lipinski definition) is 4. The summed E-state index contributed by atoms with van der Waals surface area (Å²) in [6.07, 6.45) is 3.24. The van der Waals surface area contributed by atoms with Gasteiger partial charge < -0.3 is 19.9 Å². The second kappa shape index (κ2) is 8.54. The topological polar surface area (TPSA) is 61.9 Å². The summed E-state index contributed by atoms with van der Waals surface area (Å²) in [5, 5.41) is 3.16. The van der Waals surface area contributed by atoms with Gasteiger partial charge in [-0.25, -0.2) is 0 Å². The second-order valence-corrected chi connectivity index (χ2v) is 7.38. The minimum atomic E-state index is 0.0596. The number of piperidine rings is 1. The van der Waals surface area contributed by atoms with Gasteiger partial charge in [0.15, 0.2) is 0 Å². The van der Waals surface area contributed by atoms with E-state index >= 15 is 0 Å². The van der Waals surface area contributed by atoms with Crippen molar-refractivity contribution in [3.8, 4) is 5.75 Å². The van der Waals surface area contributed by atoms with Crippen LogP contribution in [0.25, 0.3) is 0 Å². The van der Waals surface area contributed by atoms with E-state index in [2.05, 4.69) is 23.3 Å². The Morgan fingerprint density at radius 3 is 2.73 bits per heavy atom. The van der Waals surface area contributed by atoms with Gasteiger partial charge in [-0.2, -0.15) is 0 Å². The number of amides is 2. The third-order valence-corrected chi connectivity index (χ3v) is 5.27. The zero-order valence-electron chi connectivity index (χ0n) is 15.8. The number of fused-ring (bicyclic) bond motifs is 1. The number of carbonyl (C=O) groups is 2. The number of hydrogen-bond donors (Lipinski definition) is 1. The lowest BCUT2D eigenvalue weighted by Gasteiger charge is -2.29. The molecular formula is C20H29N3O3. The van der Waals surface area contributed by atoms with Crippen LogP contribution in [-0.4, -0.2) is 60.9 Å². The molecule has 1 saturated heterocycles. The summed E-state index contributed by atoms with van der Waals surface area (Å²) >= 11 is 0. The van der Waals surface area contributed by atoms with Crippen molar-refractivity contribution in [1.29, 1.82) is 0 Å². The van der Waals surface area contributed by atoms with Gasteiger partial charge in [0, 0.05) is 31.5 Å². The molecule has 2 aliphatic heterocycles. The van der Waals surface area contributed by atoms with Crippen molar-refractivity contribution in [2.75, 3.05) is 33.3 Å². The van der Waals surface area contributed by atoms with E-state index in [4.69, 9.17) is 4.74 Å². The number of carbonyl (C=O) groups excluding carboxylic acids is 2. The predicted octanol–water partition coefficient (Wildman–Crippen LogP) is 1.57. The number of rotatable bonds is 4. The SMILES string of the molecule is CC(=O)N1CCOc2ccc(CCC(=O)NC3CCN(C)CC3)cc2C1. The van der Waals surface area contributed by atoms with Gasteiger partial charge in [-0.3, -0.25) is 9.59 Å². The maximum Gasteiger partial charge on any atom is 0.220 e. The molecule has 1 aromatic rings. The fourth-order valence-electron chi connectivity index (χ4n) is 3.58. The highest BCUT2D eigenvalue weighted by Crippen LogP contribution is 2.25. The van der Waals surface area contributed by atoms with Gasteiger partial charge in [-0.1, -0.05) is 12.1 Å². The molecule has 0 unspecified atom stereocenters. The molecule has 0 bridgehead atoms. The Balaban J connectivity index is 1.54. The van der Waals surface area contributed by atoms with Crippen molar-refractivity contribution in [3.63, 3.8) is 0 Å². The van der Waals surface area contributed by atoms with Gasteiger partial charge >= 0.3 is 0 Å². The number of likely N-dealkylation sites (tertiary alicyclic amines) is 1. The lowest BCUT2D eigenvalue weighted by molar-refractivity contribution is -0.129. The summed E-state index contributed by atoms with van der Waals surface area (Å²) in [6, 6.07) is 6.36. The summed E-state index contributed by atoms with van der Waals surface area (Å²) in [7, 11) is 2.12. The third kappa shape index (κ3) is 4.97. The van der Waals surface area contributed by atoms with Crippen molar-refractivity contribution in [1.82, 2.24) is 15.1 Å². The smallest absolute Gasteiger partial charge is 0.220 e. The van der Waals surface area contributed by atoms with Crippen molar-refractivity contribution < 1.29 is 14.3 Å². The molecule has 1 aromatic carbocycles. The fourth-order valence-corrected chi connectivity index (χ4v) is 3.58. The number of ether oxygens (including phenoxy) is 1. The Hall–Kier alpha value is -2.08. The number of nitrogens with zero attached hydrogens (tertiary/aromatic N) is 2. The Bertz CT molecular complexity index is 654. The van der Waals surface area contributed by atoms with Crippen molar-refractivity contribution in [2.45, 2.75) is 45.2 Å². The maximum atomic E-state index is 12.2. The van der Waals surface area contributed by atoms with E-state index in [-0.39, 0.29) is 11.8 Å². The van der Waals surface area contributed by atoms with Crippen LogP contribution in [0.15, 0.2) is 18.2 Å². The van der Waals surface area contributed by atoms with E-state index in [0.29, 0.717) is 38.6 Å². The first-order valence-corrected chi connectivity index (χ1v) is 9.49. The predicted molar refractivity (Wildman–Crippen MR) is 100 cm³/mol. The van der Waals surface area contributed by atoms with Crippen LogP contribution in [-0.2, 0) is 22.6 Å². The molecule has 2 amide bonds. The zero-order chi connectivity index (χ0) is 18.5. The van der Waals surface area contributed by atoms with Crippen molar-refractivity contribution in [2.24, 2.45) is 0 Å². The molecule has 0 aliphatic carbocycles. The Morgan fingerprint density at radius 1 is 1.23 bits per heavy atom. The molecule has 6 heteroatoms. The standard InChI is InChI=1S/C20H29N3O3/c1-15(24)23-11-12-26-19-5-3-16(13-17(19)14-23)4-6-20(25)21-18-7-9-22(2)10-8-18/h3,5,13,18H,4,6-12,14H2,1-2H3,(H,21,25). The average Bonchev–Trinajstić information content (AvgIpc) is 2.84. The molecule has 1 fully saturated rings. The molecule has 142 valence electrons. The van der Waals surface area contributed by atoms with Crippen LogP contribution < -0.4 is 10.1 Å². The number of benzene rings is 1. The summed E-state index contributed by atoms with van der Waals surface area (Å²) in [6.45, 7) is 5.37. The molecule has 0 aromatic heterocycles. The van der Waals surface area contributed by atoms with Crippen LogP contribution in [0.2, 0.25) is 0 Å². The highest BCUT2D eigenvalue weighted by Gasteiger charge is 2.19. The van der Waals surface area contributed by atoms with E-state index in [0.717, 1.165) is 42.8 Å².